The molecule has 0 aromatic carbocycles. The number of nitrogens with one attached hydrogen (secondary N) is 1. The van der Waals surface area contributed by atoms with Crippen LogP contribution in [0, 0.1) is 0 Å². The monoisotopic (exact) mass is 337 g/mol. The number of aryl methyl sites for hydroxylation is 2. The van der Waals surface area contributed by atoms with E-state index < -0.39 is 0 Å². The summed E-state index contributed by atoms with van der Waals surface area (Å²) < 4.78 is 0. The molecule has 0 radical (unpaired) electrons. The lowest BCUT2D eigenvalue weighted by Gasteiger charge is -2.15. The van der Waals surface area contributed by atoms with Crippen molar-refractivity contribution in [2.24, 2.45) is 0 Å². The van der Waals surface area contributed by atoms with Gasteiger partial charge in [0.25, 0.3) is 0 Å². The molecule has 1 nitrogen and oxygen atoms in total. The molecule has 0 saturated heterocycles. The van der Waals surface area contributed by atoms with E-state index in [1.165, 1.54) is 39.0 Å². The molecule has 0 fully saturated rings. The van der Waals surface area contributed by atoms with Crippen molar-refractivity contribution < 1.29 is 0 Å². The van der Waals surface area contributed by atoms with Gasteiger partial charge in [0, 0.05) is 25.3 Å². The van der Waals surface area contributed by atoms with Crippen molar-refractivity contribution in [3.63, 3.8) is 0 Å². The van der Waals surface area contributed by atoms with Crippen LogP contribution in [0.2, 0.25) is 0 Å². The van der Waals surface area contributed by atoms with Crippen LogP contribution >= 0.6 is 34.4 Å². The summed E-state index contributed by atoms with van der Waals surface area (Å²) in [5, 5.41) is 3.76. The van der Waals surface area contributed by atoms with Crippen molar-refractivity contribution in [1.29, 1.82) is 0 Å². The Kier molecular flexibility index (Phi) is 5.43. The number of thiophene rings is 2. The molecule has 1 aliphatic rings. The SMILES string of the molecule is CCCNC(c1ccc(CC)s1)c1cc2c(s1)CCSC2. The van der Waals surface area contributed by atoms with Crippen LogP contribution in [0.25, 0.3) is 0 Å². The molecule has 2 aromatic rings. The first-order valence-corrected chi connectivity index (χ1v) is 10.6. The van der Waals surface area contributed by atoms with E-state index in [-0.39, 0.29) is 0 Å². The van der Waals surface area contributed by atoms with E-state index in [2.05, 4.69) is 49.1 Å². The van der Waals surface area contributed by atoms with Gasteiger partial charge in [-0.05, 0) is 55.3 Å². The third kappa shape index (κ3) is 3.55. The van der Waals surface area contributed by atoms with Crippen molar-refractivity contribution >= 4 is 34.4 Å². The lowest BCUT2D eigenvalue weighted by atomic mass is 10.1. The Bertz CT molecular complexity index is 561. The van der Waals surface area contributed by atoms with Crippen molar-refractivity contribution in [2.75, 3.05) is 12.3 Å². The Morgan fingerprint density at radius 3 is 2.81 bits per heavy atom. The minimum absolute atomic E-state index is 0.399. The molecule has 114 valence electrons. The summed E-state index contributed by atoms with van der Waals surface area (Å²) in [5.74, 6) is 2.50. The van der Waals surface area contributed by atoms with E-state index in [0.29, 0.717) is 6.04 Å². The van der Waals surface area contributed by atoms with Gasteiger partial charge in [-0.1, -0.05) is 13.8 Å². The van der Waals surface area contributed by atoms with Crippen LogP contribution in [0.3, 0.4) is 0 Å². The first-order chi connectivity index (χ1) is 10.3. The molecule has 3 rings (SSSR count). The average molecular weight is 338 g/mol. The molecule has 2 aromatic heterocycles. The van der Waals surface area contributed by atoms with E-state index in [9.17, 15) is 0 Å². The van der Waals surface area contributed by atoms with Crippen LogP contribution in [0.1, 0.15) is 51.4 Å². The van der Waals surface area contributed by atoms with Gasteiger partial charge in [0.15, 0.2) is 0 Å². The van der Waals surface area contributed by atoms with E-state index in [4.69, 9.17) is 0 Å². The molecule has 1 unspecified atom stereocenters. The first kappa shape index (κ1) is 15.6. The standard InChI is InChI=1S/C17H23NS3/c1-3-8-18-17(15-6-5-13(4-2)20-15)16-10-12-11-19-9-7-14(12)21-16/h5-6,10,17-18H,3-4,7-9,11H2,1-2H3. The van der Waals surface area contributed by atoms with E-state index in [0.717, 1.165) is 13.0 Å². The predicted octanol–water partition coefficient (Wildman–Crippen LogP) is 5.25. The Hall–Kier alpha value is -0.290. The zero-order valence-electron chi connectivity index (χ0n) is 12.8. The minimum atomic E-state index is 0.399. The molecule has 21 heavy (non-hydrogen) atoms. The Labute approximate surface area is 140 Å². The maximum absolute atomic E-state index is 3.76. The zero-order valence-corrected chi connectivity index (χ0v) is 15.2. The van der Waals surface area contributed by atoms with E-state index in [1.54, 1.807) is 10.4 Å². The van der Waals surface area contributed by atoms with Gasteiger partial charge in [-0.3, -0.25) is 0 Å². The quantitative estimate of drug-likeness (QED) is 0.772. The Morgan fingerprint density at radius 1 is 1.19 bits per heavy atom. The third-order valence-corrected chi connectivity index (χ3v) is 7.45. The second-order valence-electron chi connectivity index (χ2n) is 5.44. The van der Waals surface area contributed by atoms with E-state index >= 15 is 0 Å². The number of hydrogen-bond acceptors (Lipinski definition) is 4. The van der Waals surface area contributed by atoms with Crippen LogP contribution in [0.5, 0.6) is 0 Å². The molecule has 1 aliphatic heterocycles. The summed E-state index contributed by atoms with van der Waals surface area (Å²) >= 11 is 6.08. The molecule has 1 atom stereocenters. The highest BCUT2D eigenvalue weighted by Gasteiger charge is 2.21. The van der Waals surface area contributed by atoms with Gasteiger partial charge >= 0.3 is 0 Å². The normalized spacial score (nSPS) is 15.9. The molecule has 0 amide bonds. The van der Waals surface area contributed by atoms with Gasteiger partial charge in [0.1, 0.15) is 0 Å². The van der Waals surface area contributed by atoms with Crippen molar-refractivity contribution in [3.05, 3.63) is 43.3 Å². The van der Waals surface area contributed by atoms with Crippen LogP contribution in [0.15, 0.2) is 18.2 Å². The largest absolute Gasteiger partial charge is 0.305 e. The van der Waals surface area contributed by atoms with Crippen molar-refractivity contribution in [1.82, 2.24) is 5.32 Å². The maximum Gasteiger partial charge on any atom is 0.0765 e. The number of fused-ring (bicyclic) bond motifs is 1. The lowest BCUT2D eigenvalue weighted by Crippen LogP contribution is -2.21. The first-order valence-electron chi connectivity index (χ1n) is 7.83. The van der Waals surface area contributed by atoms with Gasteiger partial charge in [0.2, 0.25) is 0 Å². The fourth-order valence-corrected chi connectivity index (χ4v) is 6.28. The molecule has 0 saturated carbocycles. The molecule has 4 heteroatoms. The van der Waals surface area contributed by atoms with Gasteiger partial charge < -0.3 is 5.32 Å². The molecular weight excluding hydrogens is 314 g/mol. The third-order valence-electron chi connectivity index (χ3n) is 3.85. The van der Waals surface area contributed by atoms with Crippen LogP contribution in [-0.2, 0) is 18.6 Å². The van der Waals surface area contributed by atoms with Crippen molar-refractivity contribution in [3.8, 4) is 0 Å². The highest BCUT2D eigenvalue weighted by atomic mass is 32.2. The van der Waals surface area contributed by atoms with Crippen LogP contribution < -0.4 is 5.32 Å². The summed E-state index contributed by atoms with van der Waals surface area (Å²) in [4.78, 5) is 6.11. The Balaban J connectivity index is 1.89. The van der Waals surface area contributed by atoms with Gasteiger partial charge in [0.05, 0.1) is 6.04 Å². The van der Waals surface area contributed by atoms with Gasteiger partial charge in [-0.2, -0.15) is 11.8 Å². The predicted molar refractivity (Wildman–Crippen MR) is 98.0 cm³/mol. The van der Waals surface area contributed by atoms with E-state index in [1.807, 2.05) is 22.7 Å². The second kappa shape index (κ2) is 7.32. The number of thioether (sulfide) groups is 1. The van der Waals surface area contributed by atoms with Crippen LogP contribution in [0.4, 0.5) is 0 Å². The van der Waals surface area contributed by atoms with Crippen LogP contribution in [-0.4, -0.2) is 12.3 Å². The molecule has 0 aliphatic carbocycles. The topological polar surface area (TPSA) is 12.0 Å². The summed E-state index contributed by atoms with van der Waals surface area (Å²) in [7, 11) is 0. The average Bonchev–Trinajstić information content (AvgIpc) is 3.14. The van der Waals surface area contributed by atoms with Gasteiger partial charge in [-0.15, -0.1) is 22.7 Å². The molecular formula is C17H23NS3. The highest BCUT2D eigenvalue weighted by Crippen LogP contribution is 2.38. The summed E-state index contributed by atoms with van der Waals surface area (Å²) in [6.45, 7) is 5.57. The molecule has 0 bridgehead atoms. The zero-order chi connectivity index (χ0) is 14.7. The highest BCUT2D eigenvalue weighted by molar-refractivity contribution is 7.98. The molecule has 0 spiro atoms. The lowest BCUT2D eigenvalue weighted by molar-refractivity contribution is 0.613. The fourth-order valence-electron chi connectivity index (χ4n) is 2.68. The smallest absolute Gasteiger partial charge is 0.0765 e. The summed E-state index contributed by atoms with van der Waals surface area (Å²) in [6, 6.07) is 7.48. The summed E-state index contributed by atoms with van der Waals surface area (Å²) in [6.07, 6.45) is 3.59. The Morgan fingerprint density at radius 2 is 2.10 bits per heavy atom. The van der Waals surface area contributed by atoms with Gasteiger partial charge in [-0.25, -0.2) is 0 Å². The second-order valence-corrected chi connectivity index (χ2v) is 8.92. The maximum atomic E-state index is 3.76. The number of rotatable bonds is 6. The fraction of sp³-hybridized carbons (Fsp3) is 0.529. The van der Waals surface area contributed by atoms with Crippen molar-refractivity contribution in [2.45, 2.75) is 44.9 Å². The minimum Gasteiger partial charge on any atom is -0.305 e. The molecule has 1 N–H and O–H groups in total. The molecule has 3 heterocycles. The summed E-state index contributed by atoms with van der Waals surface area (Å²) in [5.41, 5.74) is 1.59. The number of hydrogen-bond donors (Lipinski definition) is 1.